The average Bonchev–Trinajstić information content (AvgIpc) is 1.80. The van der Waals surface area contributed by atoms with E-state index in [0.717, 1.165) is 0 Å². The van der Waals surface area contributed by atoms with Gasteiger partial charge in [0.25, 0.3) is 0 Å². The molecule has 0 unspecified atom stereocenters. The van der Waals surface area contributed by atoms with Crippen LogP contribution in [0.15, 0.2) is 0 Å². The van der Waals surface area contributed by atoms with Crippen molar-refractivity contribution in [1.82, 2.24) is 0 Å². The highest BCUT2D eigenvalue weighted by Crippen LogP contribution is 1.58. The van der Waals surface area contributed by atoms with Crippen LogP contribution in [0.3, 0.4) is 0 Å². The van der Waals surface area contributed by atoms with E-state index in [9.17, 15) is 0 Å². The van der Waals surface area contributed by atoms with Crippen molar-refractivity contribution in [1.29, 1.82) is 0 Å². The number of hydrogen-bond acceptors (Lipinski definition) is 6. The number of nitrogens with one attached hydrogen (secondary N) is 1. The highest BCUT2D eigenvalue weighted by molar-refractivity contribution is 7.80. The molecule has 0 aromatic carbocycles. The summed E-state index contributed by atoms with van der Waals surface area (Å²) in [5.41, 5.74) is 3.25. The van der Waals surface area contributed by atoms with E-state index in [1.807, 2.05) is 0 Å². The Morgan fingerprint density at radius 2 is 0.875 bits per heavy atom. The Balaban J connectivity index is -0.0000000629. The number of rotatable bonds is 0. The molecule has 16 heavy (non-hydrogen) atoms. The monoisotopic (exact) mass is 286 g/mol. The summed E-state index contributed by atoms with van der Waals surface area (Å²) in [6.45, 7) is 0. The van der Waals surface area contributed by atoms with Gasteiger partial charge in [0.1, 0.15) is 0 Å². The van der Waals surface area contributed by atoms with Gasteiger partial charge in [0.05, 0.1) is 28.2 Å². The first-order chi connectivity index (χ1) is 6.73. The van der Waals surface area contributed by atoms with Crippen LogP contribution < -0.4 is 10.6 Å². The number of hydrogen-bond donors (Lipinski definition) is 4. The summed E-state index contributed by atoms with van der Waals surface area (Å²) in [4.78, 5) is 1.42. The van der Waals surface area contributed by atoms with Crippen LogP contribution in [-0.2, 0) is 20.8 Å². The van der Waals surface area contributed by atoms with E-state index >= 15 is 0 Å². The normalized spacial score (nSPS) is 9.88. The summed E-state index contributed by atoms with van der Waals surface area (Å²) in [6, 6.07) is 0. The lowest BCUT2D eigenvalue weighted by Gasteiger charge is -1.88. The van der Waals surface area contributed by atoms with Crippen molar-refractivity contribution in [3.63, 3.8) is 0 Å². The predicted molar refractivity (Wildman–Crippen MR) is 52.2 cm³/mol. The molecule has 0 heterocycles. The maximum atomic E-state index is 8.63. The van der Waals surface area contributed by atoms with Crippen molar-refractivity contribution in [3.8, 4) is 0 Å². The lowest BCUT2D eigenvalue weighted by molar-refractivity contribution is -0.836. The van der Waals surface area contributed by atoms with E-state index in [-0.39, 0.29) is 0 Å². The minimum absolute atomic E-state index is 1.42. The van der Waals surface area contributed by atoms with E-state index in [1.165, 1.54) is 4.90 Å². The average molecular weight is 286 g/mol. The fraction of sp³-hybridized carbons (Fsp3) is 1.00. The van der Waals surface area contributed by atoms with Crippen LogP contribution in [0.25, 0.3) is 0 Å². The second kappa shape index (κ2) is 12.7. The van der Waals surface area contributed by atoms with Crippen molar-refractivity contribution < 1.29 is 45.7 Å². The molecule has 0 bridgehead atoms. The topological polar surface area (TPSA) is 187 Å². The molecule has 0 atom stereocenters. The summed E-state index contributed by atoms with van der Waals surface area (Å²) in [6.07, 6.45) is 0. The van der Waals surface area contributed by atoms with Gasteiger partial charge in [-0.3, -0.25) is 9.11 Å². The van der Waals surface area contributed by atoms with Gasteiger partial charge in [-0.25, -0.2) is 16.8 Å². The lowest BCUT2D eigenvalue weighted by atomic mass is 11.0. The van der Waals surface area contributed by atoms with Gasteiger partial charge in [0, 0.05) is 0 Å². The Kier molecular flexibility index (Phi) is 19.7. The van der Waals surface area contributed by atoms with Crippen molar-refractivity contribution >= 4 is 20.8 Å². The first-order valence-corrected chi connectivity index (χ1v) is 6.30. The van der Waals surface area contributed by atoms with Gasteiger partial charge in [0.2, 0.25) is 20.8 Å². The molecule has 10 nitrogen and oxygen atoms in total. The molecule has 0 fully saturated rings. The van der Waals surface area contributed by atoms with Crippen LogP contribution in [-0.4, -0.2) is 63.2 Å². The molecule has 0 spiro atoms. The van der Waals surface area contributed by atoms with Crippen LogP contribution in [0.1, 0.15) is 0 Å². The Morgan fingerprint density at radius 3 is 0.875 bits per heavy atom. The van der Waals surface area contributed by atoms with Crippen LogP contribution in [0, 0.1) is 0 Å². The lowest BCUT2D eigenvalue weighted by Crippen LogP contribution is -3.02. The molecule has 12 heteroatoms. The second-order valence-electron chi connectivity index (χ2n) is 2.36. The highest BCUT2D eigenvalue weighted by atomic mass is 32.3. The molecule has 0 amide bonds. The second-order valence-corrected chi connectivity index (χ2v) is 4.07. The Morgan fingerprint density at radius 1 is 0.875 bits per heavy atom. The Labute approximate surface area is 95.2 Å². The maximum absolute atomic E-state index is 8.63. The third kappa shape index (κ3) is 18900. The molecule has 6 N–H and O–H groups in total. The summed E-state index contributed by atoms with van der Waals surface area (Å²) < 4.78 is 65.7. The molecule has 0 saturated carbocycles. The first-order valence-electron chi connectivity index (χ1n) is 3.57. The standard InChI is InChI=1S/C3H9N.CH5N.2H2O4S/c1-4(2)3;1-2;2*1-5(2,3)4/h1-3H3;2H2,1H3;2*(H2,1,2,3,4). The summed E-state index contributed by atoms with van der Waals surface area (Å²) >= 11 is 0. The smallest absolute Gasteiger partial charge is 0.215 e. The van der Waals surface area contributed by atoms with Gasteiger partial charge in [-0.1, -0.05) is 0 Å². The molecule has 0 radical (unpaired) electrons. The van der Waals surface area contributed by atoms with Gasteiger partial charge < -0.3 is 19.7 Å². The summed E-state index contributed by atoms with van der Waals surface area (Å²) in [5, 5.41) is 0. The molecule has 0 aromatic rings. The fourth-order valence-electron chi connectivity index (χ4n) is 0. The van der Waals surface area contributed by atoms with Crippen LogP contribution in [0.2, 0.25) is 0 Å². The minimum Gasteiger partial charge on any atom is -0.726 e. The third-order valence-corrected chi connectivity index (χ3v) is 0. The van der Waals surface area contributed by atoms with Crippen molar-refractivity contribution in [2.24, 2.45) is 0 Å². The van der Waals surface area contributed by atoms with Gasteiger partial charge in [-0.15, -0.1) is 0 Å². The quantitative estimate of drug-likeness (QED) is 0.254. The van der Waals surface area contributed by atoms with Gasteiger partial charge in [-0.05, 0) is 0 Å². The van der Waals surface area contributed by atoms with Crippen LogP contribution >= 0.6 is 0 Å². The Bertz CT molecular complexity index is 258. The molecule has 104 valence electrons. The zero-order valence-electron chi connectivity index (χ0n) is 9.37. The molecule has 0 aromatic heterocycles. The van der Waals surface area contributed by atoms with Crippen molar-refractivity contribution in [3.05, 3.63) is 0 Å². The molecule has 0 saturated heterocycles. The van der Waals surface area contributed by atoms with E-state index in [0.29, 0.717) is 0 Å². The fourth-order valence-corrected chi connectivity index (χ4v) is 0. The van der Waals surface area contributed by atoms with E-state index in [1.54, 1.807) is 7.05 Å². The van der Waals surface area contributed by atoms with Gasteiger partial charge in [-0.2, -0.15) is 0 Å². The number of quaternary nitrogens is 2. The van der Waals surface area contributed by atoms with Crippen LogP contribution in [0.5, 0.6) is 0 Å². The Hall–Kier alpha value is -0.340. The van der Waals surface area contributed by atoms with Crippen molar-refractivity contribution in [2.75, 3.05) is 28.2 Å². The first kappa shape index (κ1) is 24.8. The highest BCUT2D eigenvalue weighted by Gasteiger charge is 1.68. The van der Waals surface area contributed by atoms with E-state index < -0.39 is 20.8 Å². The SMILES string of the molecule is C[NH+](C)C.C[NH3+].O=S(=O)([O-])O.O=S(=O)([O-])O. The molecular formula is C4H18N2O8S2. The minimum atomic E-state index is -4.92. The molecule has 0 aliphatic carbocycles. The molecule has 0 aliphatic heterocycles. The van der Waals surface area contributed by atoms with E-state index in [4.69, 9.17) is 35.0 Å². The maximum Gasteiger partial charge on any atom is 0.215 e. The zero-order valence-corrected chi connectivity index (χ0v) is 11.0. The van der Waals surface area contributed by atoms with Gasteiger partial charge in [0.15, 0.2) is 0 Å². The zero-order chi connectivity index (χ0) is 14.6. The molecule has 0 rings (SSSR count). The largest absolute Gasteiger partial charge is 0.726 e. The molecule has 0 aliphatic rings. The van der Waals surface area contributed by atoms with Crippen molar-refractivity contribution in [2.45, 2.75) is 0 Å². The van der Waals surface area contributed by atoms with Crippen LogP contribution in [0.4, 0.5) is 0 Å². The molecular weight excluding hydrogens is 268 g/mol. The van der Waals surface area contributed by atoms with Gasteiger partial charge >= 0.3 is 0 Å². The predicted octanol–water partition coefficient (Wildman–Crippen LogP) is -4.37. The summed E-state index contributed by atoms with van der Waals surface area (Å²) in [7, 11) is -1.83. The third-order valence-electron chi connectivity index (χ3n) is 0. The summed E-state index contributed by atoms with van der Waals surface area (Å²) in [5.74, 6) is 0. The van der Waals surface area contributed by atoms with E-state index in [2.05, 4.69) is 26.9 Å².